The molecule has 5 aromatic carbocycles. The number of aromatic nitrogens is 4. The average molecular weight is 923 g/mol. The Morgan fingerprint density at radius 3 is 2.04 bits per heavy atom. The third-order valence-corrected chi connectivity index (χ3v) is 8.21. The minimum Gasteiger partial charge on any atom is -0.374 e. The first kappa shape index (κ1) is 40.5. The molecule has 0 aliphatic heterocycles. The second-order valence-corrected chi connectivity index (χ2v) is 12.7. The van der Waals surface area contributed by atoms with E-state index in [2.05, 4.69) is 90.0 Å². The number of benzene rings is 5. The summed E-state index contributed by atoms with van der Waals surface area (Å²) < 4.78 is 2.15. The van der Waals surface area contributed by atoms with Gasteiger partial charge in [-0.2, -0.15) is 5.56 Å². The third kappa shape index (κ3) is 9.37. The second kappa shape index (κ2) is 18.4. The van der Waals surface area contributed by atoms with Crippen LogP contribution in [0.15, 0.2) is 152 Å². The Morgan fingerprint density at radius 2 is 1.35 bits per heavy atom. The van der Waals surface area contributed by atoms with Crippen molar-refractivity contribution in [2.45, 2.75) is 26.2 Å². The monoisotopic (exact) mass is 923 g/mol. The summed E-state index contributed by atoms with van der Waals surface area (Å²) in [5.41, 5.74) is 11.1. The number of imidazole rings is 1. The number of hydrogen-bond acceptors (Lipinski definition) is 3. The third-order valence-electron chi connectivity index (χ3n) is 8.21. The van der Waals surface area contributed by atoms with Gasteiger partial charge in [0.2, 0.25) is 0 Å². The predicted molar refractivity (Wildman–Crippen MR) is 205 cm³/mol. The predicted octanol–water partition coefficient (Wildman–Crippen LogP) is 10.3. The summed E-state index contributed by atoms with van der Waals surface area (Å²) >= 11 is 0. The first-order valence-corrected chi connectivity index (χ1v) is 16.3. The number of nitrogens with zero attached hydrogens (tertiary/aromatic N) is 4. The van der Waals surface area contributed by atoms with Crippen LogP contribution in [0.4, 0.5) is 0 Å². The topological polar surface area (TPSA) is 43.6 Å². The van der Waals surface area contributed by atoms with E-state index in [1.165, 1.54) is 5.56 Å². The molecule has 0 spiro atoms. The van der Waals surface area contributed by atoms with Crippen LogP contribution in [-0.2, 0) is 58.2 Å². The van der Waals surface area contributed by atoms with Crippen molar-refractivity contribution in [1.82, 2.24) is 19.5 Å². The van der Waals surface area contributed by atoms with Crippen LogP contribution in [0.2, 0.25) is 0 Å². The molecule has 0 unspecified atom stereocenters. The van der Waals surface area contributed by atoms with E-state index < -0.39 is 0 Å². The fourth-order valence-corrected chi connectivity index (χ4v) is 5.60. The van der Waals surface area contributed by atoms with Crippen LogP contribution < -0.4 is 0 Å². The molecule has 0 N–H and O–H groups in total. The van der Waals surface area contributed by atoms with Gasteiger partial charge in [-0.15, -0.1) is 48.0 Å². The molecule has 0 saturated carbocycles. The molecule has 0 aliphatic rings. The second-order valence-electron chi connectivity index (χ2n) is 12.7. The van der Waals surface area contributed by atoms with Crippen molar-refractivity contribution in [2.24, 2.45) is 0 Å². The van der Waals surface area contributed by atoms with Crippen LogP contribution in [0, 0.1) is 24.4 Å². The Balaban J connectivity index is 0.000000272. The largest absolute Gasteiger partial charge is 0.374 e. The summed E-state index contributed by atoms with van der Waals surface area (Å²) in [6, 6.07) is 58.7. The number of hydrogen-bond donors (Lipinski definition) is 0. The maximum Gasteiger partial charge on any atom is 0.0668 e. The molecule has 8 rings (SSSR count). The molecule has 4 nitrogen and oxygen atoms in total. The van der Waals surface area contributed by atoms with E-state index in [9.17, 15) is 0 Å². The summed E-state index contributed by atoms with van der Waals surface area (Å²) in [7, 11) is 0. The molecular weight excluding hydrogens is 888 g/mol. The van der Waals surface area contributed by atoms with Crippen molar-refractivity contribution in [2.75, 3.05) is 0 Å². The Hall–Kier alpha value is -4.31. The van der Waals surface area contributed by atoms with Gasteiger partial charge in [0.1, 0.15) is 0 Å². The maximum absolute atomic E-state index is 4.92. The summed E-state index contributed by atoms with van der Waals surface area (Å²) in [4.78, 5) is 13.9. The van der Waals surface area contributed by atoms with Crippen molar-refractivity contribution < 1.29 is 52.8 Å². The van der Waals surface area contributed by atoms with Gasteiger partial charge in [0, 0.05) is 73.1 Å². The minimum atomic E-state index is 0. The Kier molecular flexibility index (Phi) is 14.4. The van der Waals surface area contributed by atoms with E-state index in [1.807, 2.05) is 121 Å². The fraction of sp³-hybridized carbons (Fsp3) is 0.0889. The fourth-order valence-electron chi connectivity index (χ4n) is 5.60. The van der Waals surface area contributed by atoms with Crippen molar-refractivity contribution >= 4 is 19.4 Å². The Bertz CT molecular complexity index is 2310. The van der Waals surface area contributed by atoms with E-state index in [1.54, 1.807) is 0 Å². The van der Waals surface area contributed by atoms with Crippen molar-refractivity contribution in [3.8, 4) is 50.7 Å². The van der Waals surface area contributed by atoms with Gasteiger partial charge in [0.05, 0.1) is 11.0 Å². The molecule has 0 amide bonds. The van der Waals surface area contributed by atoms with Gasteiger partial charge in [-0.05, 0) is 70.3 Å². The molecule has 3 aromatic heterocycles. The van der Waals surface area contributed by atoms with Crippen molar-refractivity contribution in [1.29, 1.82) is 0 Å². The summed E-state index contributed by atoms with van der Waals surface area (Å²) in [5, 5.41) is 0. The first-order valence-electron chi connectivity index (χ1n) is 16.3. The molecule has 7 heteroatoms. The molecule has 8 aromatic rings. The molecule has 0 saturated heterocycles. The quantitative estimate of drug-likeness (QED) is 0.128. The van der Waals surface area contributed by atoms with Crippen LogP contribution in [0.25, 0.3) is 61.8 Å². The Labute approximate surface area is 347 Å². The molecule has 0 bridgehead atoms. The zero-order chi connectivity index (χ0) is 33.6. The van der Waals surface area contributed by atoms with Gasteiger partial charge in [0.15, 0.2) is 0 Å². The van der Waals surface area contributed by atoms with E-state index in [-0.39, 0.29) is 66.6 Å². The molecule has 0 fully saturated rings. The van der Waals surface area contributed by atoms with Crippen molar-refractivity contribution in [3.05, 3.63) is 182 Å². The molecule has 253 valence electrons. The molecule has 5 radical (unpaired) electrons. The van der Waals surface area contributed by atoms with Gasteiger partial charge in [-0.3, -0.25) is 23.3 Å². The summed E-state index contributed by atoms with van der Waals surface area (Å²) in [5.74, 6) is 0.804. The molecule has 0 aliphatic carbocycles. The summed E-state index contributed by atoms with van der Waals surface area (Å²) in [6.07, 6.45) is 5.05. The Morgan fingerprint density at radius 1 is 0.635 bits per heavy atom. The zero-order valence-electron chi connectivity index (χ0n) is 29.2. The van der Waals surface area contributed by atoms with E-state index in [4.69, 9.17) is 4.98 Å². The number of para-hydroxylation sites is 3. The van der Waals surface area contributed by atoms with Gasteiger partial charge >= 0.3 is 0 Å². The van der Waals surface area contributed by atoms with Gasteiger partial charge in [-0.25, -0.2) is 6.07 Å². The standard InChI is InChI=1S/C30H18N3.C15H16N.B.Ir.Y/c1-3-10-22(11-4-1)27-19-18-25(21-31-27)23-12-9-13-24(20-23)30-32-28-16-7-8-17-29(28)33(30)26-14-5-2-6-15-26;1-15(2,3)13-9-10-16-14(11-13)12-7-5-4-6-8-12;;;/h1-12,14-19H;4-7,9-11H,1-3H3;;;/q-3;-1;;;. The molecular formula is C45H34BIrN4Y-4. The van der Waals surface area contributed by atoms with Gasteiger partial charge < -0.3 is 25.6 Å². The first-order chi connectivity index (χ1) is 23.9. The van der Waals surface area contributed by atoms with Crippen LogP contribution in [0.5, 0.6) is 0 Å². The van der Waals surface area contributed by atoms with Crippen LogP contribution in [-0.4, -0.2) is 27.9 Å². The van der Waals surface area contributed by atoms with Crippen LogP contribution in [0.3, 0.4) is 0 Å². The van der Waals surface area contributed by atoms with E-state index >= 15 is 0 Å². The molecule has 52 heavy (non-hydrogen) atoms. The maximum atomic E-state index is 4.92. The minimum absolute atomic E-state index is 0. The molecule has 0 atom stereocenters. The van der Waals surface area contributed by atoms with Gasteiger partial charge in [-0.1, -0.05) is 87.5 Å². The number of fused-ring (bicyclic) bond motifs is 1. The zero-order valence-corrected chi connectivity index (χ0v) is 34.4. The van der Waals surface area contributed by atoms with Crippen LogP contribution in [0.1, 0.15) is 26.3 Å². The number of rotatable bonds is 5. The van der Waals surface area contributed by atoms with Gasteiger partial charge in [0.25, 0.3) is 0 Å². The van der Waals surface area contributed by atoms with E-state index in [0.29, 0.717) is 0 Å². The molecule has 3 heterocycles. The SMILES string of the molecule is CC(C)(C)c1ccnc(-c2[c-]cccc2)c1.[B].[Ir].[Y].[c-]1ccc(-c2[c-]nc(-c3ccccc3)cc2)[c-]c1-c1nc2ccccc2n1-c1ccccc1. The smallest absolute Gasteiger partial charge is 0.0668 e. The summed E-state index contributed by atoms with van der Waals surface area (Å²) in [6.45, 7) is 6.63. The number of pyridine rings is 2. The van der Waals surface area contributed by atoms with Crippen molar-refractivity contribution in [3.63, 3.8) is 0 Å². The van der Waals surface area contributed by atoms with Crippen LogP contribution >= 0.6 is 0 Å². The normalized spacial score (nSPS) is 10.5. The van der Waals surface area contributed by atoms with E-state index in [0.717, 1.165) is 61.8 Å². The average Bonchev–Trinajstić information content (AvgIpc) is 3.56.